The minimum absolute atomic E-state index is 0.925. The van der Waals surface area contributed by atoms with Crippen LogP contribution >= 0.6 is 15.9 Å². The van der Waals surface area contributed by atoms with E-state index in [0.717, 1.165) is 30.8 Å². The lowest BCUT2D eigenvalue weighted by Gasteiger charge is -2.29. The van der Waals surface area contributed by atoms with Crippen LogP contribution in [0.25, 0.3) is 0 Å². The number of halogens is 1. The molecule has 0 heterocycles. The lowest BCUT2D eigenvalue weighted by atomic mass is 9.88. The number of nitrogens with one attached hydrogen (secondary N) is 1. The molecule has 2 bridgehead atoms. The Morgan fingerprint density at radius 3 is 2.76 bits per heavy atom. The zero-order valence-electron chi connectivity index (χ0n) is 13.2. The van der Waals surface area contributed by atoms with Gasteiger partial charge in [-0.25, -0.2) is 0 Å². The number of fused-ring (bicyclic) bond motifs is 2. The lowest BCUT2D eigenvalue weighted by molar-refractivity contribution is 0.337. The smallest absolute Gasteiger partial charge is 0.0375 e. The first-order valence-corrected chi connectivity index (χ1v) is 9.17. The second-order valence-corrected chi connectivity index (χ2v) is 7.73. The van der Waals surface area contributed by atoms with Crippen molar-refractivity contribution in [2.24, 2.45) is 17.8 Å². The van der Waals surface area contributed by atoms with Gasteiger partial charge in [-0.15, -0.1) is 0 Å². The van der Waals surface area contributed by atoms with Crippen molar-refractivity contribution in [2.75, 3.05) is 25.0 Å². The molecule has 3 rings (SSSR count). The van der Waals surface area contributed by atoms with Crippen molar-refractivity contribution in [3.8, 4) is 0 Å². The number of hydrogen-bond acceptors (Lipinski definition) is 2. The van der Waals surface area contributed by atoms with E-state index in [2.05, 4.69) is 58.3 Å². The highest BCUT2D eigenvalue weighted by molar-refractivity contribution is 9.10. The van der Waals surface area contributed by atoms with Crippen molar-refractivity contribution >= 4 is 21.6 Å². The fraction of sp³-hybridized carbons (Fsp3) is 0.667. The number of nitrogens with zero attached hydrogens (tertiary/aromatic N) is 1. The molecular formula is C18H27BrN2. The summed E-state index contributed by atoms with van der Waals surface area (Å²) in [6.07, 6.45) is 5.95. The first-order valence-electron chi connectivity index (χ1n) is 8.37. The Bertz CT molecular complexity index is 488. The third-order valence-electron chi connectivity index (χ3n) is 5.44. The average molecular weight is 351 g/mol. The molecule has 0 saturated heterocycles. The van der Waals surface area contributed by atoms with Crippen LogP contribution < -0.4 is 10.2 Å². The molecule has 3 heteroatoms. The number of rotatable bonds is 6. The summed E-state index contributed by atoms with van der Waals surface area (Å²) in [5.74, 6) is 2.98. The van der Waals surface area contributed by atoms with Gasteiger partial charge in [0.2, 0.25) is 0 Å². The highest BCUT2D eigenvalue weighted by atomic mass is 79.9. The third-order valence-corrected chi connectivity index (χ3v) is 6.17. The Labute approximate surface area is 137 Å². The molecule has 2 fully saturated rings. The van der Waals surface area contributed by atoms with E-state index in [-0.39, 0.29) is 0 Å². The molecule has 1 aromatic carbocycles. The van der Waals surface area contributed by atoms with Crippen molar-refractivity contribution in [3.05, 3.63) is 28.2 Å². The summed E-state index contributed by atoms with van der Waals surface area (Å²) in [4.78, 5) is 2.45. The van der Waals surface area contributed by atoms with E-state index >= 15 is 0 Å². The van der Waals surface area contributed by atoms with Gasteiger partial charge in [-0.3, -0.25) is 0 Å². The number of anilines is 1. The summed E-state index contributed by atoms with van der Waals surface area (Å²) < 4.78 is 1.22. The van der Waals surface area contributed by atoms with Gasteiger partial charge in [-0.2, -0.15) is 0 Å². The van der Waals surface area contributed by atoms with E-state index in [1.807, 2.05) is 0 Å². The van der Waals surface area contributed by atoms with E-state index in [1.54, 1.807) is 0 Å². The predicted molar refractivity (Wildman–Crippen MR) is 93.7 cm³/mol. The van der Waals surface area contributed by atoms with Crippen molar-refractivity contribution in [2.45, 2.75) is 39.2 Å². The van der Waals surface area contributed by atoms with Gasteiger partial charge < -0.3 is 10.2 Å². The fourth-order valence-corrected chi connectivity index (χ4v) is 4.74. The summed E-state index contributed by atoms with van der Waals surface area (Å²) in [5, 5.41) is 3.39. The van der Waals surface area contributed by atoms with Crippen LogP contribution in [0.1, 0.15) is 38.2 Å². The van der Waals surface area contributed by atoms with Gasteiger partial charge in [-0.1, -0.05) is 35.3 Å². The van der Waals surface area contributed by atoms with Crippen LogP contribution in [-0.2, 0) is 6.54 Å². The Morgan fingerprint density at radius 1 is 1.29 bits per heavy atom. The van der Waals surface area contributed by atoms with Crippen LogP contribution in [0.5, 0.6) is 0 Å². The van der Waals surface area contributed by atoms with E-state index in [0.29, 0.717) is 0 Å². The van der Waals surface area contributed by atoms with E-state index in [4.69, 9.17) is 0 Å². The Hall–Kier alpha value is -0.540. The molecule has 3 unspecified atom stereocenters. The van der Waals surface area contributed by atoms with Gasteiger partial charge in [0.15, 0.2) is 0 Å². The SMILES string of the molecule is CCNCc1ccc(N(C)CC2CC3CCC2C3)cc1Br. The molecule has 0 aromatic heterocycles. The van der Waals surface area contributed by atoms with Gasteiger partial charge >= 0.3 is 0 Å². The first kappa shape index (κ1) is 15.4. The van der Waals surface area contributed by atoms with Crippen molar-refractivity contribution in [3.63, 3.8) is 0 Å². The van der Waals surface area contributed by atoms with Crippen LogP contribution in [0.2, 0.25) is 0 Å². The van der Waals surface area contributed by atoms with Crippen LogP contribution in [0.3, 0.4) is 0 Å². The zero-order valence-corrected chi connectivity index (χ0v) is 14.8. The van der Waals surface area contributed by atoms with Gasteiger partial charge in [0.05, 0.1) is 0 Å². The largest absolute Gasteiger partial charge is 0.374 e. The summed E-state index contributed by atoms with van der Waals surface area (Å²) in [6, 6.07) is 6.80. The predicted octanol–water partition coefficient (Wildman–Crippen LogP) is 4.43. The maximum atomic E-state index is 3.72. The average Bonchev–Trinajstić information content (AvgIpc) is 3.08. The molecule has 0 radical (unpaired) electrons. The van der Waals surface area contributed by atoms with Crippen molar-refractivity contribution < 1.29 is 0 Å². The minimum Gasteiger partial charge on any atom is -0.374 e. The van der Waals surface area contributed by atoms with Gasteiger partial charge in [-0.05, 0) is 61.3 Å². The van der Waals surface area contributed by atoms with Crippen molar-refractivity contribution in [1.29, 1.82) is 0 Å². The lowest BCUT2D eigenvalue weighted by Crippen LogP contribution is -2.28. The highest BCUT2D eigenvalue weighted by Crippen LogP contribution is 2.48. The van der Waals surface area contributed by atoms with Crippen LogP contribution in [-0.4, -0.2) is 20.1 Å². The fourth-order valence-electron chi connectivity index (χ4n) is 4.23. The first-order chi connectivity index (χ1) is 10.2. The number of hydrogen-bond donors (Lipinski definition) is 1. The zero-order chi connectivity index (χ0) is 14.8. The molecule has 2 aliphatic rings. The van der Waals surface area contributed by atoms with Gasteiger partial charge in [0, 0.05) is 30.3 Å². The quantitative estimate of drug-likeness (QED) is 0.816. The maximum absolute atomic E-state index is 3.72. The Balaban J connectivity index is 1.62. The molecule has 2 saturated carbocycles. The maximum Gasteiger partial charge on any atom is 0.0375 e. The molecule has 2 nitrogen and oxygen atoms in total. The molecule has 0 spiro atoms. The molecule has 0 amide bonds. The van der Waals surface area contributed by atoms with E-state index < -0.39 is 0 Å². The molecule has 21 heavy (non-hydrogen) atoms. The monoisotopic (exact) mass is 350 g/mol. The summed E-state index contributed by atoms with van der Waals surface area (Å²) in [7, 11) is 2.25. The molecule has 3 atom stereocenters. The second kappa shape index (κ2) is 6.70. The summed E-state index contributed by atoms with van der Waals surface area (Å²) in [5.41, 5.74) is 2.68. The second-order valence-electron chi connectivity index (χ2n) is 6.87. The summed E-state index contributed by atoms with van der Waals surface area (Å²) in [6.45, 7) is 5.32. The summed E-state index contributed by atoms with van der Waals surface area (Å²) >= 11 is 3.72. The topological polar surface area (TPSA) is 15.3 Å². The van der Waals surface area contributed by atoms with E-state index in [1.165, 1.54) is 48.0 Å². The normalized spacial score (nSPS) is 27.3. The molecule has 1 aromatic rings. The number of benzene rings is 1. The van der Waals surface area contributed by atoms with Gasteiger partial charge in [0.25, 0.3) is 0 Å². The van der Waals surface area contributed by atoms with Crippen LogP contribution in [0.15, 0.2) is 22.7 Å². The minimum atomic E-state index is 0.925. The Kier molecular flexibility index (Phi) is 4.90. The molecule has 2 aliphatic carbocycles. The van der Waals surface area contributed by atoms with Gasteiger partial charge in [0.1, 0.15) is 0 Å². The molecule has 0 aliphatic heterocycles. The Morgan fingerprint density at radius 2 is 2.14 bits per heavy atom. The highest BCUT2D eigenvalue weighted by Gasteiger charge is 2.39. The standard InChI is InChI=1S/C18H27BrN2/c1-3-20-11-15-6-7-17(10-18(15)19)21(2)12-16-9-13-4-5-14(16)8-13/h6-7,10,13-14,16,20H,3-5,8-9,11-12H2,1-2H3. The van der Waals surface area contributed by atoms with Crippen molar-refractivity contribution in [1.82, 2.24) is 5.32 Å². The third kappa shape index (κ3) is 3.45. The molecular weight excluding hydrogens is 324 g/mol. The van der Waals surface area contributed by atoms with Crippen LogP contribution in [0, 0.1) is 17.8 Å². The van der Waals surface area contributed by atoms with Crippen LogP contribution in [0.4, 0.5) is 5.69 Å². The molecule has 1 N–H and O–H groups in total. The van der Waals surface area contributed by atoms with E-state index in [9.17, 15) is 0 Å². The molecule has 116 valence electrons.